The molecule has 4 N–H and O–H groups in total. The second-order valence-corrected chi connectivity index (χ2v) is 30.1. The Balaban J connectivity index is 4.47. The normalized spacial score (nSPS) is 14.7. The van der Waals surface area contributed by atoms with Gasteiger partial charge in [-0.2, -0.15) is 0 Å². The number of hydrogen-bond donors (Lipinski definition) is 4. The highest BCUT2D eigenvalue weighted by molar-refractivity contribution is 7.47. The van der Waals surface area contributed by atoms with Crippen molar-refractivity contribution in [1.29, 1.82) is 0 Å². The monoisotopic (exact) mass is 1510 g/mol. The molecular weight excluding hydrogens is 1360 g/mol. The van der Waals surface area contributed by atoms with E-state index in [1.54, 1.807) is 0 Å². The molecule has 0 aliphatic carbocycles. The van der Waals surface area contributed by atoms with Crippen LogP contribution in [0.3, 0.4) is 0 Å². The zero-order valence-electron chi connectivity index (χ0n) is 65.9. The van der Waals surface area contributed by atoms with E-state index in [2.05, 4.69) is 167 Å². The predicted molar refractivity (Wildman–Crippen MR) is 436 cm³/mol. The largest absolute Gasteiger partial charge is 0.472 e. The summed E-state index contributed by atoms with van der Waals surface area (Å²) in [5.41, 5.74) is 0. The SMILES string of the molecule is CC/C=C\C/C=C\C/C=C\C/C=C\C/C=C\CCCCCCCCCCCCCCCCCCCC(=O)OCC(O)COP(=O)(O)OCC(O)COP(=O)(O)OCC(COC(=O)CCCCCCC/C=C\C/C=C\C/C=C\C/C=C\C/C=C\CC)OC(=O)CCCCCCC/C=C\C/C=C\CCCCC. The number of ether oxygens (including phenoxy) is 3. The molecule has 5 atom stereocenters. The Bertz CT molecular complexity index is 2490. The maximum absolute atomic E-state index is 13.0. The van der Waals surface area contributed by atoms with Gasteiger partial charge in [0.25, 0.3) is 0 Å². The summed E-state index contributed by atoms with van der Waals surface area (Å²) in [5, 5.41) is 20.7. The third kappa shape index (κ3) is 80.3. The third-order valence-electron chi connectivity index (χ3n) is 17.0. The second-order valence-electron chi connectivity index (χ2n) is 27.2. The van der Waals surface area contributed by atoms with Crippen LogP contribution in [0, 0.1) is 0 Å². The summed E-state index contributed by atoms with van der Waals surface area (Å²) in [6.45, 7) is 2.40. The first-order valence-electron chi connectivity index (χ1n) is 41.1. The molecule has 0 aromatic rings. The van der Waals surface area contributed by atoms with Crippen LogP contribution in [0.4, 0.5) is 0 Å². The lowest BCUT2D eigenvalue weighted by Gasteiger charge is -2.21. The molecule has 0 aliphatic rings. The fraction of sp³-hybridized carbons (Fsp3) is 0.690. The molecule has 0 amide bonds. The van der Waals surface area contributed by atoms with Gasteiger partial charge in [0, 0.05) is 19.3 Å². The fourth-order valence-corrected chi connectivity index (χ4v) is 12.4. The molecular formula is C87H148O16P2. The number of carbonyl (C=O) groups excluding carboxylic acids is 3. The van der Waals surface area contributed by atoms with Gasteiger partial charge in [0.15, 0.2) is 6.10 Å². The Morgan fingerprint density at radius 3 is 0.800 bits per heavy atom. The highest BCUT2D eigenvalue weighted by Gasteiger charge is 2.29. The van der Waals surface area contributed by atoms with Crippen LogP contribution in [-0.2, 0) is 55.8 Å². The molecule has 602 valence electrons. The molecule has 0 rings (SSSR count). The quantitative estimate of drug-likeness (QED) is 0.0146. The first-order chi connectivity index (χ1) is 51.2. The Kier molecular flexibility index (Phi) is 75.6. The van der Waals surface area contributed by atoms with Crippen molar-refractivity contribution in [3.63, 3.8) is 0 Å². The third-order valence-corrected chi connectivity index (χ3v) is 18.9. The van der Waals surface area contributed by atoms with E-state index in [9.17, 15) is 43.5 Å². The molecule has 0 spiro atoms. The maximum atomic E-state index is 13.0. The highest BCUT2D eigenvalue weighted by Crippen LogP contribution is 2.45. The van der Waals surface area contributed by atoms with Crippen molar-refractivity contribution in [1.82, 2.24) is 0 Å². The Hall–Kier alpha value is -4.57. The lowest BCUT2D eigenvalue weighted by Crippen LogP contribution is -2.30. The number of esters is 3. The van der Waals surface area contributed by atoms with E-state index in [1.165, 1.54) is 109 Å². The molecule has 0 saturated heterocycles. The van der Waals surface area contributed by atoms with E-state index in [0.717, 1.165) is 161 Å². The van der Waals surface area contributed by atoms with Crippen LogP contribution >= 0.6 is 15.6 Å². The molecule has 0 radical (unpaired) electrons. The number of phosphoric acid groups is 2. The van der Waals surface area contributed by atoms with Gasteiger partial charge in [0.05, 0.1) is 26.4 Å². The van der Waals surface area contributed by atoms with Crippen LogP contribution in [0.25, 0.3) is 0 Å². The minimum absolute atomic E-state index is 0.0810. The highest BCUT2D eigenvalue weighted by atomic mass is 31.2. The van der Waals surface area contributed by atoms with Gasteiger partial charge < -0.3 is 34.2 Å². The van der Waals surface area contributed by atoms with Gasteiger partial charge in [-0.1, -0.05) is 314 Å². The van der Waals surface area contributed by atoms with Crippen molar-refractivity contribution in [3.8, 4) is 0 Å². The molecule has 0 fully saturated rings. The average Bonchev–Trinajstić information content (AvgIpc) is 0.940. The summed E-state index contributed by atoms with van der Waals surface area (Å²) < 4.78 is 61.2. The van der Waals surface area contributed by atoms with Crippen molar-refractivity contribution in [3.05, 3.63) is 146 Å². The van der Waals surface area contributed by atoms with Gasteiger partial charge in [0.2, 0.25) is 0 Å². The van der Waals surface area contributed by atoms with Crippen LogP contribution in [0.5, 0.6) is 0 Å². The lowest BCUT2D eigenvalue weighted by atomic mass is 10.0. The summed E-state index contributed by atoms with van der Waals surface area (Å²) in [7, 11) is -9.80. The van der Waals surface area contributed by atoms with Gasteiger partial charge in [-0.05, 0) is 141 Å². The summed E-state index contributed by atoms with van der Waals surface area (Å²) in [6.07, 6.45) is 97.6. The number of carbonyl (C=O) groups is 3. The van der Waals surface area contributed by atoms with E-state index in [4.69, 9.17) is 32.3 Å². The van der Waals surface area contributed by atoms with Crippen LogP contribution in [0.15, 0.2) is 146 Å². The van der Waals surface area contributed by atoms with E-state index in [1.807, 2.05) is 0 Å². The van der Waals surface area contributed by atoms with Gasteiger partial charge in [0.1, 0.15) is 25.4 Å². The van der Waals surface area contributed by atoms with E-state index >= 15 is 0 Å². The minimum Gasteiger partial charge on any atom is -0.463 e. The van der Waals surface area contributed by atoms with Gasteiger partial charge >= 0.3 is 33.6 Å². The average molecular weight is 1510 g/mol. The maximum Gasteiger partial charge on any atom is 0.472 e. The first-order valence-corrected chi connectivity index (χ1v) is 44.1. The molecule has 18 heteroatoms. The van der Waals surface area contributed by atoms with Crippen LogP contribution < -0.4 is 0 Å². The van der Waals surface area contributed by atoms with Crippen molar-refractivity contribution in [2.75, 3.05) is 39.6 Å². The Morgan fingerprint density at radius 2 is 0.505 bits per heavy atom. The van der Waals surface area contributed by atoms with Crippen molar-refractivity contribution in [2.45, 2.75) is 347 Å². The van der Waals surface area contributed by atoms with Crippen LogP contribution in [0.2, 0.25) is 0 Å². The molecule has 0 aliphatic heterocycles. The Labute approximate surface area is 638 Å². The van der Waals surface area contributed by atoms with Crippen LogP contribution in [-0.4, -0.2) is 95.9 Å². The van der Waals surface area contributed by atoms with Crippen LogP contribution in [0.1, 0.15) is 329 Å². The Morgan fingerprint density at radius 1 is 0.276 bits per heavy atom. The predicted octanol–water partition coefficient (Wildman–Crippen LogP) is 24.4. The molecule has 0 heterocycles. The van der Waals surface area contributed by atoms with Gasteiger partial charge in [-0.3, -0.25) is 32.5 Å². The second kappa shape index (κ2) is 79.0. The lowest BCUT2D eigenvalue weighted by molar-refractivity contribution is -0.161. The molecule has 0 bridgehead atoms. The summed E-state index contributed by atoms with van der Waals surface area (Å²) >= 11 is 0. The van der Waals surface area contributed by atoms with Crippen molar-refractivity contribution in [2.24, 2.45) is 0 Å². The number of unbranched alkanes of at least 4 members (excludes halogenated alkanes) is 30. The smallest absolute Gasteiger partial charge is 0.463 e. The zero-order valence-corrected chi connectivity index (χ0v) is 67.6. The van der Waals surface area contributed by atoms with Gasteiger partial charge in [-0.25, -0.2) is 9.13 Å². The number of rotatable bonds is 77. The first kappa shape index (κ1) is 100. The van der Waals surface area contributed by atoms with E-state index in [-0.39, 0.29) is 19.3 Å². The van der Waals surface area contributed by atoms with E-state index < -0.39 is 91.5 Å². The van der Waals surface area contributed by atoms with Crippen molar-refractivity contribution < 1.29 is 75.8 Å². The number of allylic oxidation sites excluding steroid dienone is 24. The number of phosphoric ester groups is 2. The molecule has 16 nitrogen and oxygen atoms in total. The van der Waals surface area contributed by atoms with Gasteiger partial charge in [-0.15, -0.1) is 0 Å². The van der Waals surface area contributed by atoms with E-state index in [0.29, 0.717) is 19.3 Å². The number of aliphatic hydroxyl groups excluding tert-OH is 2. The molecule has 0 aromatic heterocycles. The number of hydrogen-bond acceptors (Lipinski definition) is 14. The number of aliphatic hydroxyl groups is 2. The molecule has 5 unspecified atom stereocenters. The summed E-state index contributed by atoms with van der Waals surface area (Å²) in [5.74, 6) is -1.61. The molecule has 105 heavy (non-hydrogen) atoms. The molecule has 0 aromatic carbocycles. The van der Waals surface area contributed by atoms with Crippen molar-refractivity contribution >= 4 is 33.6 Å². The summed E-state index contributed by atoms with van der Waals surface area (Å²) in [6, 6.07) is 0. The molecule has 0 saturated carbocycles. The standard InChI is InChI=1S/C87H148O16P2/c1-4-7-10-13-16-19-22-25-28-30-32-34-35-36-37-38-39-40-41-42-43-44-45-47-49-50-53-55-58-61-64-67-70-73-85(90)97-76-82(88)77-99-104(93,94)100-78-83(89)79-101-105(95,96)102-81-84(103-87(92)75-72-69-66-63-60-57-52-27-24-21-18-15-12-9-6-3)80-98-86(91)74-71-68-65-62-59-56-54-51-48-46-33-31-29-26-23-20-17-14-11-8-5-2/h7-8,10-11,16-21,25-29,32-34,36-37,46,51-52,54,82-84,88-89H,4-6,9,12-15,22-24,30-31,35,38-45,47-50,53,55-81H2,1-3H3,(H,93,94)(H,95,96)/b10-7-,11-8-,19-16-,20-17-,21-18-,28-25-,29-26-,34-32-,37-36-,46-33-,52-27-,54-51-. The fourth-order valence-electron chi connectivity index (χ4n) is 10.8. The topological polar surface area (TPSA) is 231 Å². The minimum atomic E-state index is -4.94. The summed E-state index contributed by atoms with van der Waals surface area (Å²) in [4.78, 5) is 58.7. The zero-order chi connectivity index (χ0) is 76.6.